The maximum Gasteiger partial charge on any atom is 0.333 e. The molecule has 0 saturated heterocycles. The van der Waals surface area contributed by atoms with Crippen LogP contribution in [0.3, 0.4) is 0 Å². The van der Waals surface area contributed by atoms with E-state index in [1.54, 1.807) is 6.92 Å². The molecule has 0 aromatic heterocycles. The van der Waals surface area contributed by atoms with Crippen molar-refractivity contribution in [3.8, 4) is 0 Å². The normalized spacial score (nSPS) is 12.7. The van der Waals surface area contributed by atoms with Gasteiger partial charge in [-0.05, 0) is 6.92 Å². The SMILES string of the molecule is COC(=O)C(C)=C([SiH3])CF. The Morgan fingerprint density at radius 2 is 2.20 bits per heavy atom. The Bertz CT molecular complexity index is 165. The van der Waals surface area contributed by atoms with Crippen LogP contribution in [0.2, 0.25) is 0 Å². The molecule has 4 heteroatoms. The fraction of sp³-hybridized carbons (Fsp3) is 0.500. The van der Waals surface area contributed by atoms with Gasteiger partial charge in [-0.3, -0.25) is 0 Å². The van der Waals surface area contributed by atoms with Crippen LogP contribution in [0.4, 0.5) is 4.39 Å². The zero-order valence-corrected chi connectivity index (χ0v) is 8.40. The minimum Gasteiger partial charge on any atom is -0.466 e. The number of rotatable bonds is 2. The molecule has 0 radical (unpaired) electrons. The molecule has 2 nitrogen and oxygen atoms in total. The highest BCUT2D eigenvalue weighted by Crippen LogP contribution is 2.01. The van der Waals surface area contributed by atoms with Gasteiger partial charge in [0.15, 0.2) is 0 Å². The minimum absolute atomic E-state index is 0.414. The van der Waals surface area contributed by atoms with Crippen LogP contribution in [0.25, 0.3) is 0 Å². The molecular formula is C6H11FO2Si. The van der Waals surface area contributed by atoms with E-state index in [1.165, 1.54) is 7.11 Å². The van der Waals surface area contributed by atoms with Crippen LogP contribution in [0.15, 0.2) is 10.8 Å². The average molecular weight is 162 g/mol. The lowest BCUT2D eigenvalue weighted by atomic mass is 10.3. The van der Waals surface area contributed by atoms with Gasteiger partial charge in [0.1, 0.15) is 6.67 Å². The molecule has 0 atom stereocenters. The van der Waals surface area contributed by atoms with Gasteiger partial charge in [-0.1, -0.05) is 5.20 Å². The fourth-order valence-electron chi connectivity index (χ4n) is 0.428. The lowest BCUT2D eigenvalue weighted by molar-refractivity contribution is -0.136. The number of allylic oxidation sites excluding steroid dienone is 1. The molecule has 0 N–H and O–H groups in total. The highest BCUT2D eigenvalue weighted by atomic mass is 28.1. The van der Waals surface area contributed by atoms with Gasteiger partial charge in [-0.25, -0.2) is 9.18 Å². The predicted molar refractivity (Wildman–Crippen MR) is 40.6 cm³/mol. The topological polar surface area (TPSA) is 26.3 Å². The van der Waals surface area contributed by atoms with Gasteiger partial charge in [0.25, 0.3) is 0 Å². The van der Waals surface area contributed by atoms with E-state index in [1.807, 2.05) is 0 Å². The molecule has 0 aliphatic heterocycles. The summed E-state index contributed by atoms with van der Waals surface area (Å²) in [6, 6.07) is 0. The summed E-state index contributed by atoms with van der Waals surface area (Å²) in [5, 5.41) is 0.562. The minimum atomic E-state index is -0.535. The monoisotopic (exact) mass is 162 g/mol. The molecule has 0 aromatic carbocycles. The van der Waals surface area contributed by atoms with E-state index in [-0.39, 0.29) is 0 Å². The van der Waals surface area contributed by atoms with Gasteiger partial charge in [0.2, 0.25) is 0 Å². The second-order valence-electron chi connectivity index (χ2n) is 2.03. The van der Waals surface area contributed by atoms with Crippen LogP contribution >= 0.6 is 0 Å². The van der Waals surface area contributed by atoms with Crippen molar-refractivity contribution < 1.29 is 13.9 Å². The van der Waals surface area contributed by atoms with Crippen molar-refractivity contribution in [3.05, 3.63) is 10.8 Å². The van der Waals surface area contributed by atoms with Gasteiger partial charge in [-0.2, -0.15) is 0 Å². The Kier molecular flexibility index (Phi) is 3.95. The highest BCUT2D eigenvalue weighted by Gasteiger charge is 2.05. The van der Waals surface area contributed by atoms with Crippen LogP contribution in [0.5, 0.6) is 0 Å². The Hall–Kier alpha value is -0.643. The number of hydrogen-bond acceptors (Lipinski definition) is 2. The van der Waals surface area contributed by atoms with Crippen molar-refractivity contribution in [2.45, 2.75) is 6.92 Å². The quantitative estimate of drug-likeness (QED) is 0.318. The second kappa shape index (κ2) is 4.22. The molecule has 0 aromatic rings. The number of methoxy groups -OCH3 is 1. The average Bonchev–Trinajstić information content (AvgIpc) is 2.00. The van der Waals surface area contributed by atoms with E-state index in [0.29, 0.717) is 21.0 Å². The van der Waals surface area contributed by atoms with Crippen LogP contribution in [-0.4, -0.2) is 30.0 Å². The Balaban J connectivity index is 4.30. The molecule has 0 heterocycles. The Labute approximate surface area is 62.5 Å². The first-order chi connectivity index (χ1) is 4.63. The first-order valence-electron chi connectivity index (χ1n) is 2.94. The van der Waals surface area contributed by atoms with Crippen molar-refractivity contribution in [3.63, 3.8) is 0 Å². The van der Waals surface area contributed by atoms with Gasteiger partial charge in [0, 0.05) is 15.8 Å². The summed E-state index contributed by atoms with van der Waals surface area (Å²) < 4.78 is 16.3. The molecule has 0 fully saturated rings. The first kappa shape index (κ1) is 9.36. The second-order valence-corrected chi connectivity index (χ2v) is 3.24. The van der Waals surface area contributed by atoms with Crippen molar-refractivity contribution in [1.82, 2.24) is 0 Å². The van der Waals surface area contributed by atoms with Crippen molar-refractivity contribution in [2.24, 2.45) is 0 Å². The van der Waals surface area contributed by atoms with Crippen LogP contribution < -0.4 is 0 Å². The molecule has 0 aliphatic carbocycles. The third-order valence-corrected chi connectivity index (χ3v) is 2.35. The summed E-state index contributed by atoms with van der Waals surface area (Å²) in [6.07, 6.45) is 0. The molecule has 0 rings (SSSR count). The molecule has 10 heavy (non-hydrogen) atoms. The van der Waals surface area contributed by atoms with E-state index < -0.39 is 12.6 Å². The lowest BCUT2D eigenvalue weighted by Crippen LogP contribution is -2.05. The molecular weight excluding hydrogens is 151 g/mol. The maximum atomic E-state index is 11.9. The molecule has 0 aliphatic rings. The highest BCUT2D eigenvalue weighted by molar-refractivity contribution is 6.24. The van der Waals surface area contributed by atoms with Gasteiger partial charge in [-0.15, -0.1) is 0 Å². The number of halogens is 1. The van der Waals surface area contributed by atoms with Gasteiger partial charge < -0.3 is 4.74 Å². The largest absolute Gasteiger partial charge is 0.466 e. The van der Waals surface area contributed by atoms with E-state index in [4.69, 9.17) is 0 Å². The Morgan fingerprint density at radius 1 is 1.70 bits per heavy atom. The van der Waals surface area contributed by atoms with E-state index in [9.17, 15) is 9.18 Å². The molecule has 0 saturated carbocycles. The number of alkyl halides is 1. The fourth-order valence-corrected chi connectivity index (χ4v) is 0.632. The summed E-state index contributed by atoms with van der Waals surface area (Å²) >= 11 is 0. The van der Waals surface area contributed by atoms with Gasteiger partial charge >= 0.3 is 5.97 Å². The maximum absolute atomic E-state index is 11.9. The molecule has 0 bridgehead atoms. The number of esters is 1. The third kappa shape index (κ3) is 2.30. The third-order valence-electron chi connectivity index (χ3n) is 1.33. The van der Waals surface area contributed by atoms with E-state index >= 15 is 0 Å². The molecule has 58 valence electrons. The van der Waals surface area contributed by atoms with Crippen molar-refractivity contribution >= 4 is 16.2 Å². The predicted octanol–water partition coefficient (Wildman–Crippen LogP) is -0.232. The molecule has 0 spiro atoms. The van der Waals surface area contributed by atoms with E-state index in [0.717, 1.165) is 0 Å². The van der Waals surface area contributed by atoms with Crippen LogP contribution in [-0.2, 0) is 9.53 Å². The molecule has 0 unspecified atom stereocenters. The first-order valence-corrected chi connectivity index (χ1v) is 3.94. The zero-order valence-electron chi connectivity index (χ0n) is 6.40. The summed E-state index contributed by atoms with van der Waals surface area (Å²) in [7, 11) is 1.87. The van der Waals surface area contributed by atoms with Crippen molar-refractivity contribution in [1.29, 1.82) is 0 Å². The number of carbonyl (C=O) groups is 1. The van der Waals surface area contributed by atoms with E-state index in [2.05, 4.69) is 4.74 Å². The zero-order chi connectivity index (χ0) is 8.15. The smallest absolute Gasteiger partial charge is 0.333 e. The number of hydrogen-bond donors (Lipinski definition) is 0. The van der Waals surface area contributed by atoms with Crippen molar-refractivity contribution in [2.75, 3.05) is 13.8 Å². The van der Waals surface area contributed by atoms with Crippen LogP contribution in [0.1, 0.15) is 6.92 Å². The number of ether oxygens (including phenoxy) is 1. The number of carbonyl (C=O) groups excluding carboxylic acids is 1. The standard InChI is InChI=1S/C6H11FO2Si/c1-4(5(10)3-7)6(8)9-2/h3H2,1-2,10H3. The summed E-state index contributed by atoms with van der Waals surface area (Å²) in [4.78, 5) is 10.7. The molecule has 0 amide bonds. The Morgan fingerprint density at radius 3 is 2.50 bits per heavy atom. The van der Waals surface area contributed by atoms with Gasteiger partial charge in [0.05, 0.1) is 7.11 Å². The van der Waals surface area contributed by atoms with Crippen LogP contribution in [0, 0.1) is 0 Å². The summed E-state index contributed by atoms with van der Waals surface area (Å²) in [6.45, 7) is 1.04. The lowest BCUT2D eigenvalue weighted by Gasteiger charge is -2.00. The summed E-state index contributed by atoms with van der Waals surface area (Å²) in [5.74, 6) is -0.428. The summed E-state index contributed by atoms with van der Waals surface area (Å²) in [5.41, 5.74) is 0.414.